The zero-order chi connectivity index (χ0) is 26.5. The van der Waals surface area contributed by atoms with Crippen LogP contribution in [-0.2, 0) is 7.05 Å². The van der Waals surface area contributed by atoms with E-state index >= 15 is 0 Å². The lowest BCUT2D eigenvalue weighted by atomic mass is 9.97. The second-order valence-electron chi connectivity index (χ2n) is 8.43. The average Bonchev–Trinajstić information content (AvgIpc) is 3.60. The van der Waals surface area contributed by atoms with Crippen molar-refractivity contribution in [2.24, 2.45) is 7.05 Å². The van der Waals surface area contributed by atoms with Gasteiger partial charge < -0.3 is 23.7 Å². The molecule has 1 saturated heterocycles. The Kier molecular flexibility index (Phi) is 7.97. The minimum absolute atomic E-state index is 0.126. The number of piperidine rings is 1. The standard InChI is InChI=1S/C25H29N5O6S/c1-29-11-5-6-18(29)23(32)28-27-22(31)17-14-37-24(26-17)15-9-12-30(13-10-15)25(33)16-7-8-19(34-2)21(36-4)20(16)35-3/h5-8,11,14-15H,9-10,12-13H2,1-4H3,(H,27,31)(H,28,32). The summed E-state index contributed by atoms with van der Waals surface area (Å²) < 4.78 is 17.8. The second-order valence-corrected chi connectivity index (χ2v) is 9.32. The highest BCUT2D eigenvalue weighted by atomic mass is 32.1. The molecule has 0 radical (unpaired) electrons. The Morgan fingerprint density at radius 1 is 0.973 bits per heavy atom. The largest absolute Gasteiger partial charge is 0.493 e. The van der Waals surface area contributed by atoms with E-state index < -0.39 is 11.8 Å². The molecule has 196 valence electrons. The lowest BCUT2D eigenvalue weighted by molar-refractivity contribution is 0.0708. The highest BCUT2D eigenvalue weighted by Crippen LogP contribution is 2.40. The smallest absolute Gasteiger partial charge is 0.289 e. The highest BCUT2D eigenvalue weighted by molar-refractivity contribution is 7.09. The van der Waals surface area contributed by atoms with E-state index in [1.54, 1.807) is 52.4 Å². The van der Waals surface area contributed by atoms with Crippen LogP contribution in [0.15, 0.2) is 35.8 Å². The number of nitrogens with zero attached hydrogens (tertiary/aromatic N) is 3. The lowest BCUT2D eigenvalue weighted by Crippen LogP contribution is -2.42. The van der Waals surface area contributed by atoms with Crippen molar-refractivity contribution in [2.45, 2.75) is 18.8 Å². The minimum atomic E-state index is -0.488. The maximum atomic E-state index is 13.3. The first-order valence-electron chi connectivity index (χ1n) is 11.6. The summed E-state index contributed by atoms with van der Waals surface area (Å²) in [5.74, 6) is 0.267. The number of hydrogen-bond donors (Lipinski definition) is 2. The van der Waals surface area contributed by atoms with E-state index in [2.05, 4.69) is 15.8 Å². The van der Waals surface area contributed by atoms with Crippen molar-refractivity contribution in [1.29, 1.82) is 0 Å². The first-order valence-corrected chi connectivity index (χ1v) is 12.5. The van der Waals surface area contributed by atoms with Gasteiger partial charge in [-0.1, -0.05) is 0 Å². The molecule has 1 fully saturated rings. The maximum absolute atomic E-state index is 13.3. The third-order valence-corrected chi connectivity index (χ3v) is 7.29. The molecule has 1 aliphatic heterocycles. The molecule has 2 N–H and O–H groups in total. The summed E-state index contributed by atoms with van der Waals surface area (Å²) in [7, 11) is 6.26. The summed E-state index contributed by atoms with van der Waals surface area (Å²) >= 11 is 1.40. The van der Waals surface area contributed by atoms with Gasteiger partial charge in [-0.05, 0) is 37.1 Å². The molecule has 11 nitrogen and oxygen atoms in total. The zero-order valence-electron chi connectivity index (χ0n) is 21.1. The third-order valence-electron chi connectivity index (χ3n) is 6.29. The number of hydrogen-bond acceptors (Lipinski definition) is 8. The summed E-state index contributed by atoms with van der Waals surface area (Å²) in [6.07, 6.45) is 3.16. The van der Waals surface area contributed by atoms with Crippen LogP contribution in [0.5, 0.6) is 17.2 Å². The van der Waals surface area contributed by atoms with Gasteiger partial charge in [-0.25, -0.2) is 4.98 Å². The van der Waals surface area contributed by atoms with Crippen molar-refractivity contribution in [3.8, 4) is 17.2 Å². The molecule has 1 aromatic carbocycles. The van der Waals surface area contributed by atoms with Gasteiger partial charge in [0.05, 0.1) is 31.9 Å². The number of likely N-dealkylation sites (tertiary alicyclic amines) is 1. The Balaban J connectivity index is 1.35. The topological polar surface area (TPSA) is 124 Å². The van der Waals surface area contributed by atoms with E-state index in [9.17, 15) is 14.4 Å². The predicted octanol–water partition coefficient (Wildman–Crippen LogP) is 2.60. The van der Waals surface area contributed by atoms with Gasteiger partial charge in [0.25, 0.3) is 17.7 Å². The SMILES string of the molecule is COc1ccc(C(=O)N2CCC(c3nc(C(=O)NNC(=O)c4cccn4C)cs3)CC2)c(OC)c1OC. The molecule has 3 heterocycles. The number of aryl methyl sites for hydroxylation is 1. The second kappa shape index (κ2) is 11.3. The molecule has 2 aromatic heterocycles. The van der Waals surface area contributed by atoms with Crippen LogP contribution in [0.1, 0.15) is 55.1 Å². The van der Waals surface area contributed by atoms with Gasteiger partial charge in [0.1, 0.15) is 11.4 Å². The Bertz CT molecular complexity index is 1290. The van der Waals surface area contributed by atoms with Crippen LogP contribution >= 0.6 is 11.3 Å². The number of carbonyl (C=O) groups excluding carboxylic acids is 3. The summed E-state index contributed by atoms with van der Waals surface area (Å²) in [5, 5.41) is 2.50. The Morgan fingerprint density at radius 3 is 2.30 bits per heavy atom. The Labute approximate surface area is 218 Å². The van der Waals surface area contributed by atoms with Gasteiger partial charge in [-0.2, -0.15) is 0 Å². The number of nitrogens with one attached hydrogen (secondary N) is 2. The minimum Gasteiger partial charge on any atom is -0.493 e. The van der Waals surface area contributed by atoms with Gasteiger partial charge in [-0.15, -0.1) is 11.3 Å². The van der Waals surface area contributed by atoms with Gasteiger partial charge in [0.2, 0.25) is 5.75 Å². The Morgan fingerprint density at radius 2 is 1.68 bits per heavy atom. The average molecular weight is 528 g/mol. The van der Waals surface area contributed by atoms with E-state index in [0.717, 1.165) is 5.01 Å². The van der Waals surface area contributed by atoms with Crippen molar-refractivity contribution in [2.75, 3.05) is 34.4 Å². The van der Waals surface area contributed by atoms with Crippen LogP contribution in [0.2, 0.25) is 0 Å². The summed E-state index contributed by atoms with van der Waals surface area (Å²) in [6.45, 7) is 1.07. The van der Waals surface area contributed by atoms with E-state index in [-0.39, 0.29) is 17.5 Å². The molecule has 3 aromatic rings. The highest BCUT2D eigenvalue weighted by Gasteiger charge is 2.30. The molecule has 4 rings (SSSR count). The molecule has 12 heteroatoms. The van der Waals surface area contributed by atoms with E-state index in [1.165, 1.54) is 32.7 Å². The van der Waals surface area contributed by atoms with Crippen molar-refractivity contribution in [3.63, 3.8) is 0 Å². The Hall–Kier alpha value is -4.06. The van der Waals surface area contributed by atoms with E-state index in [1.807, 2.05) is 0 Å². The zero-order valence-corrected chi connectivity index (χ0v) is 21.9. The number of thiazole rings is 1. The number of rotatable bonds is 7. The number of methoxy groups -OCH3 is 3. The van der Waals surface area contributed by atoms with Crippen molar-refractivity contribution in [3.05, 3.63) is 57.8 Å². The van der Waals surface area contributed by atoms with Crippen LogP contribution in [0, 0.1) is 0 Å². The quantitative estimate of drug-likeness (QED) is 0.453. The van der Waals surface area contributed by atoms with Gasteiger partial charge in [-0.3, -0.25) is 25.2 Å². The summed E-state index contributed by atoms with van der Waals surface area (Å²) in [6, 6.07) is 6.76. The van der Waals surface area contributed by atoms with Crippen LogP contribution in [0.3, 0.4) is 0 Å². The number of aromatic nitrogens is 2. The fraction of sp³-hybridized carbons (Fsp3) is 0.360. The molecule has 0 bridgehead atoms. The van der Waals surface area contributed by atoms with E-state index in [0.29, 0.717) is 54.4 Å². The number of amides is 3. The monoisotopic (exact) mass is 527 g/mol. The van der Waals surface area contributed by atoms with Crippen molar-refractivity contribution < 1.29 is 28.6 Å². The molecule has 0 aliphatic carbocycles. The lowest BCUT2D eigenvalue weighted by Gasteiger charge is -2.31. The number of benzene rings is 1. The molecular weight excluding hydrogens is 498 g/mol. The molecule has 3 amide bonds. The molecule has 0 spiro atoms. The molecule has 0 atom stereocenters. The number of carbonyl (C=O) groups is 3. The number of hydrazine groups is 1. The van der Waals surface area contributed by atoms with Crippen LogP contribution in [0.4, 0.5) is 0 Å². The van der Waals surface area contributed by atoms with Crippen molar-refractivity contribution >= 4 is 29.1 Å². The van der Waals surface area contributed by atoms with E-state index in [4.69, 9.17) is 14.2 Å². The van der Waals surface area contributed by atoms with Crippen LogP contribution in [-0.4, -0.2) is 66.6 Å². The van der Waals surface area contributed by atoms with Crippen molar-refractivity contribution in [1.82, 2.24) is 25.3 Å². The van der Waals surface area contributed by atoms with Gasteiger partial charge >= 0.3 is 0 Å². The summed E-state index contributed by atoms with van der Waals surface area (Å²) in [5.41, 5.74) is 5.88. The third kappa shape index (κ3) is 5.38. The van der Waals surface area contributed by atoms with Crippen LogP contribution < -0.4 is 25.1 Å². The fourth-order valence-electron chi connectivity index (χ4n) is 4.29. The maximum Gasteiger partial charge on any atom is 0.289 e. The fourth-order valence-corrected chi connectivity index (χ4v) is 5.26. The molecular formula is C25H29N5O6S. The van der Waals surface area contributed by atoms with Gasteiger partial charge in [0.15, 0.2) is 11.5 Å². The predicted molar refractivity (Wildman–Crippen MR) is 136 cm³/mol. The number of ether oxygens (including phenoxy) is 3. The first-order chi connectivity index (χ1) is 17.9. The molecule has 37 heavy (non-hydrogen) atoms. The molecule has 0 saturated carbocycles. The first kappa shape index (κ1) is 26.0. The normalized spacial score (nSPS) is 13.7. The molecule has 1 aliphatic rings. The van der Waals surface area contributed by atoms with Crippen LogP contribution in [0.25, 0.3) is 0 Å². The summed E-state index contributed by atoms with van der Waals surface area (Å²) in [4.78, 5) is 44.2. The van der Waals surface area contributed by atoms with Gasteiger partial charge in [0, 0.05) is 37.6 Å². The molecule has 0 unspecified atom stereocenters.